The molecule has 5 nitrogen and oxygen atoms in total. The van der Waals surface area contributed by atoms with Crippen molar-refractivity contribution in [1.82, 2.24) is 0 Å². The predicted molar refractivity (Wildman–Crippen MR) is 42.1 cm³/mol. The highest BCUT2D eigenvalue weighted by Gasteiger charge is 2.42. The van der Waals surface area contributed by atoms with Crippen LogP contribution in [0.25, 0.3) is 0 Å². The molecule has 0 radical (unpaired) electrons. The van der Waals surface area contributed by atoms with E-state index in [1.807, 2.05) is 0 Å². The SMILES string of the molecule is CCOC(=O)[C@@](C)(O)S(C)(=O)=O. The van der Waals surface area contributed by atoms with Gasteiger partial charge in [-0.15, -0.1) is 0 Å². The van der Waals surface area contributed by atoms with Crippen LogP contribution in [0.5, 0.6) is 0 Å². The molecule has 1 atom stereocenters. The monoisotopic (exact) mass is 196 g/mol. The Bertz CT molecular complexity index is 264. The maximum Gasteiger partial charge on any atom is 0.353 e. The third-order valence-corrected chi connectivity index (χ3v) is 2.99. The highest BCUT2D eigenvalue weighted by Crippen LogP contribution is 2.13. The molecule has 0 aromatic rings. The van der Waals surface area contributed by atoms with Gasteiger partial charge in [0.15, 0.2) is 9.84 Å². The second kappa shape index (κ2) is 3.40. The van der Waals surface area contributed by atoms with Crippen molar-refractivity contribution in [3.8, 4) is 0 Å². The summed E-state index contributed by atoms with van der Waals surface area (Å²) in [6.45, 7) is 2.45. The molecule has 0 aromatic carbocycles. The summed E-state index contributed by atoms with van der Waals surface area (Å²) in [6, 6.07) is 0. The molecule has 0 bridgehead atoms. The van der Waals surface area contributed by atoms with E-state index in [1.165, 1.54) is 6.92 Å². The molecule has 0 saturated carbocycles. The van der Waals surface area contributed by atoms with E-state index in [0.29, 0.717) is 0 Å². The molecule has 0 rings (SSSR count). The largest absolute Gasteiger partial charge is 0.463 e. The number of carbonyl (C=O) groups is 1. The first-order valence-corrected chi connectivity index (χ1v) is 5.21. The number of aliphatic hydroxyl groups is 1. The molecular weight excluding hydrogens is 184 g/mol. The molecule has 0 heterocycles. The summed E-state index contributed by atoms with van der Waals surface area (Å²) in [5, 5.41) is 9.19. The number of sulfone groups is 1. The van der Waals surface area contributed by atoms with Crippen LogP contribution in [-0.4, -0.2) is 37.3 Å². The van der Waals surface area contributed by atoms with Gasteiger partial charge in [-0.05, 0) is 13.8 Å². The molecule has 12 heavy (non-hydrogen) atoms. The van der Waals surface area contributed by atoms with Crippen LogP contribution in [-0.2, 0) is 19.4 Å². The van der Waals surface area contributed by atoms with Gasteiger partial charge in [0.1, 0.15) is 0 Å². The smallest absolute Gasteiger partial charge is 0.353 e. The maximum absolute atomic E-state index is 10.9. The zero-order valence-corrected chi connectivity index (χ0v) is 8.01. The number of esters is 1. The van der Waals surface area contributed by atoms with Crippen LogP contribution >= 0.6 is 0 Å². The average molecular weight is 196 g/mol. The van der Waals surface area contributed by atoms with Crippen LogP contribution in [0.1, 0.15) is 13.8 Å². The van der Waals surface area contributed by atoms with Gasteiger partial charge in [0, 0.05) is 6.26 Å². The zero-order chi connectivity index (χ0) is 9.99. The van der Waals surface area contributed by atoms with Gasteiger partial charge in [-0.1, -0.05) is 0 Å². The number of carbonyl (C=O) groups excluding carboxylic acids is 1. The van der Waals surface area contributed by atoms with E-state index < -0.39 is 20.7 Å². The minimum Gasteiger partial charge on any atom is -0.463 e. The van der Waals surface area contributed by atoms with Gasteiger partial charge in [0.2, 0.25) is 0 Å². The molecule has 0 aliphatic heterocycles. The van der Waals surface area contributed by atoms with E-state index in [4.69, 9.17) is 0 Å². The van der Waals surface area contributed by atoms with E-state index in [1.54, 1.807) is 0 Å². The standard InChI is InChI=1S/C6H12O5S/c1-4-11-5(7)6(2,8)12(3,9)10/h8H,4H2,1-3H3/t6-/m0/s1. The first-order valence-electron chi connectivity index (χ1n) is 3.32. The fourth-order valence-corrected chi connectivity index (χ4v) is 0.778. The lowest BCUT2D eigenvalue weighted by atomic mass is 10.4. The molecule has 1 N–H and O–H groups in total. The maximum atomic E-state index is 10.9. The summed E-state index contributed by atoms with van der Waals surface area (Å²) in [6.07, 6.45) is 0.768. The lowest BCUT2D eigenvalue weighted by molar-refractivity contribution is -0.155. The number of rotatable bonds is 3. The van der Waals surface area contributed by atoms with E-state index in [9.17, 15) is 18.3 Å². The summed E-state index contributed by atoms with van der Waals surface area (Å²) in [7, 11) is -3.84. The topological polar surface area (TPSA) is 80.7 Å². The molecule has 0 aliphatic carbocycles. The minimum absolute atomic E-state index is 0.0322. The third kappa shape index (κ3) is 2.18. The highest BCUT2D eigenvalue weighted by molar-refractivity contribution is 7.92. The summed E-state index contributed by atoms with van der Waals surface area (Å²) >= 11 is 0. The average Bonchev–Trinajstić information content (AvgIpc) is 1.85. The molecule has 72 valence electrons. The number of hydrogen-bond acceptors (Lipinski definition) is 5. The molecule has 6 heteroatoms. The van der Waals surface area contributed by atoms with Crippen molar-refractivity contribution in [1.29, 1.82) is 0 Å². The molecule has 0 aliphatic rings. The Morgan fingerprint density at radius 2 is 2.00 bits per heavy atom. The van der Waals surface area contributed by atoms with E-state index in [2.05, 4.69) is 4.74 Å². The van der Waals surface area contributed by atoms with Crippen LogP contribution in [0, 0.1) is 0 Å². The Morgan fingerprint density at radius 1 is 1.58 bits per heavy atom. The van der Waals surface area contributed by atoms with Crippen molar-refractivity contribution in [3.05, 3.63) is 0 Å². The molecule has 0 amide bonds. The van der Waals surface area contributed by atoms with Crippen LogP contribution < -0.4 is 0 Å². The van der Waals surface area contributed by atoms with Crippen LogP contribution in [0.3, 0.4) is 0 Å². The van der Waals surface area contributed by atoms with Gasteiger partial charge in [0.25, 0.3) is 4.93 Å². The molecule has 0 unspecified atom stereocenters. The van der Waals surface area contributed by atoms with Crippen LogP contribution in [0.2, 0.25) is 0 Å². The fraction of sp³-hybridized carbons (Fsp3) is 0.833. The van der Waals surface area contributed by atoms with Gasteiger partial charge in [-0.3, -0.25) is 0 Å². The first-order chi connectivity index (χ1) is 5.23. The minimum atomic E-state index is -3.84. The van der Waals surface area contributed by atoms with Gasteiger partial charge in [-0.25, -0.2) is 13.2 Å². The Balaban J connectivity index is 4.75. The zero-order valence-electron chi connectivity index (χ0n) is 7.20. The van der Waals surface area contributed by atoms with Crippen LogP contribution in [0.15, 0.2) is 0 Å². The molecule has 0 aromatic heterocycles. The number of hydrogen-bond donors (Lipinski definition) is 1. The molecule has 0 spiro atoms. The Kier molecular flexibility index (Phi) is 3.23. The fourth-order valence-electron chi connectivity index (χ4n) is 0.416. The van der Waals surface area contributed by atoms with E-state index in [-0.39, 0.29) is 6.61 Å². The quantitative estimate of drug-likeness (QED) is 0.604. The van der Waals surface area contributed by atoms with Gasteiger partial charge in [-0.2, -0.15) is 0 Å². The Labute approximate surface area is 71.3 Å². The Morgan fingerprint density at radius 3 is 2.25 bits per heavy atom. The Hall–Kier alpha value is -0.620. The highest BCUT2D eigenvalue weighted by atomic mass is 32.2. The second-order valence-corrected chi connectivity index (χ2v) is 4.81. The van der Waals surface area contributed by atoms with Crippen molar-refractivity contribution in [3.63, 3.8) is 0 Å². The van der Waals surface area contributed by atoms with Gasteiger partial charge >= 0.3 is 5.97 Å². The predicted octanol–water partition coefficient (Wildman–Crippen LogP) is -0.697. The van der Waals surface area contributed by atoms with E-state index >= 15 is 0 Å². The lowest BCUT2D eigenvalue weighted by Crippen LogP contribution is -2.44. The van der Waals surface area contributed by atoms with Crippen molar-refractivity contribution in [2.45, 2.75) is 18.8 Å². The van der Waals surface area contributed by atoms with Crippen molar-refractivity contribution < 1.29 is 23.1 Å². The van der Waals surface area contributed by atoms with Crippen molar-refractivity contribution >= 4 is 15.8 Å². The molecule has 0 saturated heterocycles. The summed E-state index contributed by atoms with van der Waals surface area (Å²) < 4.78 is 26.0. The second-order valence-electron chi connectivity index (χ2n) is 2.48. The number of ether oxygens (including phenoxy) is 1. The van der Waals surface area contributed by atoms with Crippen LogP contribution in [0.4, 0.5) is 0 Å². The molecular formula is C6H12O5S. The van der Waals surface area contributed by atoms with E-state index in [0.717, 1.165) is 13.2 Å². The summed E-state index contributed by atoms with van der Waals surface area (Å²) in [5.41, 5.74) is 0. The molecule has 0 fully saturated rings. The van der Waals surface area contributed by atoms with Gasteiger partial charge in [0.05, 0.1) is 6.61 Å². The van der Waals surface area contributed by atoms with Crippen molar-refractivity contribution in [2.24, 2.45) is 0 Å². The third-order valence-electron chi connectivity index (χ3n) is 1.38. The van der Waals surface area contributed by atoms with Gasteiger partial charge < -0.3 is 9.84 Å². The summed E-state index contributed by atoms with van der Waals surface area (Å²) in [5.74, 6) is -1.15. The lowest BCUT2D eigenvalue weighted by Gasteiger charge is -2.18. The normalized spacial score (nSPS) is 16.7. The first kappa shape index (κ1) is 11.4. The summed E-state index contributed by atoms with van der Waals surface area (Å²) in [4.78, 5) is 8.42. The van der Waals surface area contributed by atoms with Crippen molar-refractivity contribution in [2.75, 3.05) is 12.9 Å².